The van der Waals surface area contributed by atoms with Crippen LogP contribution in [-0.4, -0.2) is 6.61 Å². The maximum Gasteiger partial charge on any atom is 0.0890 e. The van der Waals surface area contributed by atoms with Gasteiger partial charge in [-0.25, -0.2) is 5.90 Å². The second-order valence-corrected chi connectivity index (χ2v) is 2.71. The highest BCUT2D eigenvalue weighted by Gasteiger charge is 1.88. The summed E-state index contributed by atoms with van der Waals surface area (Å²) in [7, 11) is 0. The van der Waals surface area contributed by atoms with Crippen LogP contribution in [0, 0.1) is 0 Å². The monoisotopic (exact) mass is 163 g/mol. The van der Waals surface area contributed by atoms with Gasteiger partial charge in [-0.2, -0.15) is 0 Å². The third-order valence-corrected chi connectivity index (χ3v) is 1.52. The summed E-state index contributed by atoms with van der Waals surface area (Å²) in [5.74, 6) is 4.94. The number of nitrogens with two attached hydrogens (primary N) is 1. The highest BCUT2D eigenvalue weighted by Crippen LogP contribution is 2.05. The Hall–Kier alpha value is -1.12. The molecule has 2 nitrogen and oxygen atoms in total. The van der Waals surface area contributed by atoms with Gasteiger partial charge >= 0.3 is 0 Å². The summed E-state index contributed by atoms with van der Waals surface area (Å²) in [5, 5.41) is 0. The summed E-state index contributed by atoms with van der Waals surface area (Å²) in [6.45, 7) is 2.47. The molecule has 12 heavy (non-hydrogen) atoms. The third-order valence-electron chi connectivity index (χ3n) is 1.52. The van der Waals surface area contributed by atoms with Crippen LogP contribution in [0.15, 0.2) is 35.9 Å². The highest BCUT2D eigenvalue weighted by atomic mass is 16.6. The van der Waals surface area contributed by atoms with Crippen LogP contribution in [-0.2, 0) is 4.84 Å². The van der Waals surface area contributed by atoms with Crippen LogP contribution in [0.25, 0.3) is 6.08 Å². The van der Waals surface area contributed by atoms with Crippen LogP contribution >= 0.6 is 0 Å². The Bertz CT molecular complexity index is 254. The predicted octanol–water partition coefficient (Wildman–Crippen LogP) is 1.98. The van der Waals surface area contributed by atoms with Gasteiger partial charge in [0.15, 0.2) is 0 Å². The predicted molar refractivity (Wildman–Crippen MR) is 50.2 cm³/mol. The Kier molecular flexibility index (Phi) is 3.51. The lowest BCUT2D eigenvalue weighted by atomic mass is 10.1. The average Bonchev–Trinajstić information content (AvgIpc) is 2.06. The molecule has 1 aromatic rings. The lowest BCUT2D eigenvalue weighted by Crippen LogP contribution is -2.01. The van der Waals surface area contributed by atoms with E-state index in [4.69, 9.17) is 5.90 Å². The SMILES string of the molecule is CC(=Cc1ccccc1)CON. The molecule has 0 aromatic heterocycles. The van der Waals surface area contributed by atoms with Gasteiger partial charge in [-0.05, 0) is 18.1 Å². The Morgan fingerprint density at radius 2 is 2.08 bits per heavy atom. The molecule has 0 saturated carbocycles. The molecule has 2 heteroatoms. The fraction of sp³-hybridized carbons (Fsp3) is 0.200. The van der Waals surface area contributed by atoms with Crippen molar-refractivity contribution in [1.29, 1.82) is 0 Å². The Balaban J connectivity index is 2.67. The minimum Gasteiger partial charge on any atom is -0.300 e. The molecule has 0 unspecified atom stereocenters. The van der Waals surface area contributed by atoms with Gasteiger partial charge < -0.3 is 4.84 Å². The molecule has 1 rings (SSSR count). The maximum absolute atomic E-state index is 4.94. The zero-order valence-corrected chi connectivity index (χ0v) is 7.16. The molecule has 0 aliphatic heterocycles. The van der Waals surface area contributed by atoms with Crippen LogP contribution in [0.2, 0.25) is 0 Å². The molecule has 0 spiro atoms. The van der Waals surface area contributed by atoms with E-state index >= 15 is 0 Å². The molecule has 0 amide bonds. The average molecular weight is 163 g/mol. The van der Waals surface area contributed by atoms with E-state index in [0.29, 0.717) is 6.61 Å². The van der Waals surface area contributed by atoms with Crippen LogP contribution < -0.4 is 5.90 Å². The lowest BCUT2D eigenvalue weighted by Gasteiger charge is -1.98. The van der Waals surface area contributed by atoms with Crippen molar-refractivity contribution in [3.63, 3.8) is 0 Å². The molecule has 0 saturated heterocycles. The van der Waals surface area contributed by atoms with E-state index < -0.39 is 0 Å². The molecule has 0 fully saturated rings. The van der Waals surface area contributed by atoms with Gasteiger partial charge in [0.2, 0.25) is 0 Å². The van der Waals surface area contributed by atoms with E-state index in [1.54, 1.807) is 0 Å². The van der Waals surface area contributed by atoms with Gasteiger partial charge in [0.25, 0.3) is 0 Å². The Morgan fingerprint density at radius 1 is 1.42 bits per heavy atom. The number of rotatable bonds is 3. The largest absolute Gasteiger partial charge is 0.300 e. The van der Waals surface area contributed by atoms with Crippen molar-refractivity contribution >= 4 is 6.08 Å². The first kappa shape index (κ1) is 8.97. The van der Waals surface area contributed by atoms with Crippen molar-refractivity contribution in [2.24, 2.45) is 5.90 Å². The van der Waals surface area contributed by atoms with E-state index in [9.17, 15) is 0 Å². The van der Waals surface area contributed by atoms with Crippen molar-refractivity contribution in [3.8, 4) is 0 Å². The quantitative estimate of drug-likeness (QED) is 0.691. The molecule has 0 heterocycles. The zero-order valence-electron chi connectivity index (χ0n) is 7.16. The number of hydrogen-bond acceptors (Lipinski definition) is 2. The molecule has 2 N–H and O–H groups in total. The summed E-state index contributed by atoms with van der Waals surface area (Å²) in [6.07, 6.45) is 2.05. The van der Waals surface area contributed by atoms with Crippen LogP contribution in [0.1, 0.15) is 12.5 Å². The molecule has 0 aliphatic rings. The van der Waals surface area contributed by atoms with E-state index in [-0.39, 0.29) is 0 Å². The molecule has 64 valence electrons. The lowest BCUT2D eigenvalue weighted by molar-refractivity contribution is 0.162. The normalized spacial score (nSPS) is 11.7. The topological polar surface area (TPSA) is 35.2 Å². The summed E-state index contributed by atoms with van der Waals surface area (Å²) in [6, 6.07) is 10.1. The number of benzene rings is 1. The smallest absolute Gasteiger partial charge is 0.0890 e. The standard InChI is InChI=1S/C10H13NO/c1-9(8-12-11)7-10-5-3-2-4-6-10/h2-7H,8,11H2,1H3. The second-order valence-electron chi connectivity index (χ2n) is 2.71. The molecule has 0 bridgehead atoms. The molecule has 0 atom stereocenters. The van der Waals surface area contributed by atoms with Gasteiger partial charge in [0.1, 0.15) is 0 Å². The van der Waals surface area contributed by atoms with Crippen molar-refractivity contribution in [1.82, 2.24) is 0 Å². The first-order valence-electron chi connectivity index (χ1n) is 3.87. The Morgan fingerprint density at radius 3 is 2.67 bits per heavy atom. The minimum atomic E-state index is 0.481. The first-order chi connectivity index (χ1) is 5.83. The molecular formula is C10H13NO. The molecule has 1 aromatic carbocycles. The summed E-state index contributed by atoms with van der Waals surface area (Å²) in [5.41, 5.74) is 2.29. The van der Waals surface area contributed by atoms with Crippen molar-refractivity contribution < 1.29 is 4.84 Å². The summed E-state index contributed by atoms with van der Waals surface area (Å²) >= 11 is 0. The molecule has 0 radical (unpaired) electrons. The first-order valence-corrected chi connectivity index (χ1v) is 3.87. The van der Waals surface area contributed by atoms with Gasteiger partial charge in [-0.3, -0.25) is 0 Å². The summed E-state index contributed by atoms with van der Waals surface area (Å²) < 4.78 is 0. The molecule has 0 aliphatic carbocycles. The fourth-order valence-electron chi connectivity index (χ4n) is 1.01. The fourth-order valence-corrected chi connectivity index (χ4v) is 1.01. The van der Waals surface area contributed by atoms with Gasteiger partial charge in [0, 0.05) is 0 Å². The maximum atomic E-state index is 4.94. The van der Waals surface area contributed by atoms with Crippen molar-refractivity contribution in [2.75, 3.05) is 6.61 Å². The van der Waals surface area contributed by atoms with Crippen LogP contribution in [0.3, 0.4) is 0 Å². The minimum absolute atomic E-state index is 0.481. The number of hydrogen-bond donors (Lipinski definition) is 1. The van der Waals surface area contributed by atoms with Crippen molar-refractivity contribution in [2.45, 2.75) is 6.92 Å². The van der Waals surface area contributed by atoms with E-state index in [1.165, 1.54) is 5.56 Å². The van der Waals surface area contributed by atoms with Gasteiger partial charge in [-0.1, -0.05) is 36.4 Å². The third kappa shape index (κ3) is 2.86. The van der Waals surface area contributed by atoms with E-state index in [0.717, 1.165) is 5.57 Å². The van der Waals surface area contributed by atoms with Gasteiger partial charge in [0.05, 0.1) is 6.61 Å². The summed E-state index contributed by atoms with van der Waals surface area (Å²) in [4.78, 5) is 4.51. The van der Waals surface area contributed by atoms with Gasteiger partial charge in [-0.15, -0.1) is 0 Å². The van der Waals surface area contributed by atoms with Crippen LogP contribution in [0.4, 0.5) is 0 Å². The molecular weight excluding hydrogens is 150 g/mol. The van der Waals surface area contributed by atoms with E-state index in [2.05, 4.69) is 4.84 Å². The zero-order chi connectivity index (χ0) is 8.81. The highest BCUT2D eigenvalue weighted by molar-refractivity contribution is 5.52. The second kappa shape index (κ2) is 4.70. The Labute approximate surface area is 72.6 Å². The van der Waals surface area contributed by atoms with Crippen LogP contribution in [0.5, 0.6) is 0 Å². The van der Waals surface area contributed by atoms with Crippen molar-refractivity contribution in [3.05, 3.63) is 41.5 Å². The van der Waals surface area contributed by atoms with E-state index in [1.807, 2.05) is 43.3 Å².